The van der Waals surface area contributed by atoms with E-state index in [9.17, 15) is 0 Å². The molecule has 0 radical (unpaired) electrons. The van der Waals surface area contributed by atoms with Crippen LogP contribution in [0.2, 0.25) is 5.02 Å². The van der Waals surface area contributed by atoms with Crippen LogP contribution in [0.15, 0.2) is 29.8 Å². The van der Waals surface area contributed by atoms with Gasteiger partial charge in [0.05, 0.1) is 5.52 Å². The molecule has 3 aromatic rings. The van der Waals surface area contributed by atoms with E-state index in [0.717, 1.165) is 29.5 Å². The molecule has 1 aliphatic rings. The summed E-state index contributed by atoms with van der Waals surface area (Å²) in [4.78, 5) is 6.79. The highest BCUT2D eigenvalue weighted by molar-refractivity contribution is 7.10. The van der Waals surface area contributed by atoms with E-state index in [-0.39, 0.29) is 0 Å². The lowest BCUT2D eigenvalue weighted by Gasteiger charge is -2.23. The van der Waals surface area contributed by atoms with Crippen LogP contribution in [0.5, 0.6) is 0 Å². The Labute approximate surface area is 144 Å². The number of nitrogens with zero attached hydrogens (tertiary/aromatic N) is 3. The Morgan fingerprint density at radius 1 is 1.39 bits per heavy atom. The summed E-state index contributed by atoms with van der Waals surface area (Å²) < 4.78 is 2.34. The SMILES string of the molecule is CC(=Cn1c2c(c3cc(Cl)ccc31)CN(C)CC2)c1nccs1. The second-order valence-electron chi connectivity index (χ2n) is 6.09. The molecular weight excluding hydrogens is 326 g/mol. The topological polar surface area (TPSA) is 21.1 Å². The van der Waals surface area contributed by atoms with E-state index in [0.29, 0.717) is 0 Å². The maximum atomic E-state index is 6.25. The predicted octanol–water partition coefficient (Wildman–Crippen LogP) is 4.76. The Morgan fingerprint density at radius 2 is 2.26 bits per heavy atom. The normalized spacial score (nSPS) is 16.0. The second-order valence-corrected chi connectivity index (χ2v) is 7.42. The maximum Gasteiger partial charge on any atom is 0.120 e. The zero-order valence-corrected chi connectivity index (χ0v) is 14.8. The Bertz CT molecular complexity index is 893. The maximum absolute atomic E-state index is 6.25. The Hall–Kier alpha value is -1.62. The van der Waals surface area contributed by atoms with Crippen LogP contribution in [-0.4, -0.2) is 28.0 Å². The molecule has 4 rings (SSSR count). The number of hydrogen-bond acceptors (Lipinski definition) is 3. The highest BCUT2D eigenvalue weighted by Gasteiger charge is 2.22. The molecule has 118 valence electrons. The first kappa shape index (κ1) is 14.9. The zero-order valence-electron chi connectivity index (χ0n) is 13.2. The van der Waals surface area contributed by atoms with Crippen molar-refractivity contribution in [2.24, 2.45) is 0 Å². The first-order valence-corrected chi connectivity index (χ1v) is 8.97. The van der Waals surface area contributed by atoms with Crippen LogP contribution < -0.4 is 0 Å². The van der Waals surface area contributed by atoms with E-state index in [1.54, 1.807) is 11.3 Å². The zero-order chi connectivity index (χ0) is 16.0. The molecule has 23 heavy (non-hydrogen) atoms. The number of fused-ring (bicyclic) bond motifs is 3. The van der Waals surface area contributed by atoms with Crippen molar-refractivity contribution in [1.29, 1.82) is 0 Å². The number of halogens is 1. The van der Waals surface area contributed by atoms with Gasteiger partial charge in [0, 0.05) is 59.0 Å². The number of allylic oxidation sites excluding steroid dienone is 1. The molecule has 3 nitrogen and oxygen atoms in total. The Balaban J connectivity index is 1.94. The van der Waals surface area contributed by atoms with Crippen LogP contribution in [-0.2, 0) is 13.0 Å². The Morgan fingerprint density at radius 3 is 3.04 bits per heavy atom. The van der Waals surface area contributed by atoms with E-state index < -0.39 is 0 Å². The number of likely N-dealkylation sites (N-methyl/N-ethyl adjacent to an activating group) is 1. The molecule has 0 amide bonds. The summed E-state index contributed by atoms with van der Waals surface area (Å²) in [7, 11) is 2.17. The highest BCUT2D eigenvalue weighted by atomic mass is 35.5. The van der Waals surface area contributed by atoms with Crippen molar-refractivity contribution in [2.75, 3.05) is 13.6 Å². The van der Waals surface area contributed by atoms with Crippen molar-refractivity contribution in [3.05, 3.63) is 51.1 Å². The van der Waals surface area contributed by atoms with E-state index in [1.165, 1.54) is 27.7 Å². The third kappa shape index (κ3) is 2.61. The standard InChI is InChI=1S/C18H18ClN3S/c1-12(18-20-6-8-23-18)10-22-16-4-3-13(19)9-14(16)15-11-21(2)7-5-17(15)22/h3-4,6,8-10H,5,7,11H2,1-2H3. The Kier molecular flexibility index (Phi) is 3.76. The van der Waals surface area contributed by atoms with Gasteiger partial charge in [0.2, 0.25) is 0 Å². The summed E-state index contributed by atoms with van der Waals surface area (Å²) in [6.07, 6.45) is 5.13. The van der Waals surface area contributed by atoms with Crippen molar-refractivity contribution >= 4 is 45.6 Å². The number of rotatable bonds is 2. The summed E-state index contributed by atoms with van der Waals surface area (Å²) in [6.45, 7) is 4.19. The molecule has 0 unspecified atom stereocenters. The van der Waals surface area contributed by atoms with Gasteiger partial charge >= 0.3 is 0 Å². The lowest BCUT2D eigenvalue weighted by molar-refractivity contribution is 0.312. The smallest absolute Gasteiger partial charge is 0.120 e. The summed E-state index contributed by atoms with van der Waals surface area (Å²) in [5.74, 6) is 0. The third-order valence-electron chi connectivity index (χ3n) is 4.43. The van der Waals surface area contributed by atoms with Gasteiger partial charge in [-0.05, 0) is 37.7 Å². The average Bonchev–Trinajstić information content (AvgIpc) is 3.15. The first-order chi connectivity index (χ1) is 11.1. The van der Waals surface area contributed by atoms with E-state index in [2.05, 4.69) is 46.8 Å². The predicted molar refractivity (Wildman–Crippen MR) is 98.9 cm³/mol. The van der Waals surface area contributed by atoms with Crippen LogP contribution >= 0.6 is 22.9 Å². The van der Waals surface area contributed by atoms with Gasteiger partial charge in [0.15, 0.2) is 0 Å². The fourth-order valence-electron chi connectivity index (χ4n) is 3.31. The molecule has 0 saturated heterocycles. The van der Waals surface area contributed by atoms with Crippen molar-refractivity contribution in [1.82, 2.24) is 14.5 Å². The van der Waals surface area contributed by atoms with E-state index in [4.69, 9.17) is 11.6 Å². The summed E-state index contributed by atoms with van der Waals surface area (Å²) in [5.41, 5.74) is 5.22. The minimum atomic E-state index is 0.798. The largest absolute Gasteiger partial charge is 0.320 e. The molecular formula is C18H18ClN3S. The van der Waals surface area contributed by atoms with Crippen molar-refractivity contribution in [3.8, 4) is 0 Å². The fraction of sp³-hybridized carbons (Fsp3) is 0.278. The number of aromatic nitrogens is 2. The van der Waals surface area contributed by atoms with Gasteiger partial charge in [-0.1, -0.05) is 11.6 Å². The van der Waals surface area contributed by atoms with Gasteiger partial charge in [0.1, 0.15) is 5.01 Å². The molecule has 0 N–H and O–H groups in total. The van der Waals surface area contributed by atoms with E-state index >= 15 is 0 Å². The number of thiazole rings is 1. The fourth-order valence-corrected chi connectivity index (χ4v) is 4.10. The van der Waals surface area contributed by atoms with Crippen LogP contribution in [0.3, 0.4) is 0 Å². The van der Waals surface area contributed by atoms with Crippen LogP contribution in [0.1, 0.15) is 23.2 Å². The summed E-state index contributed by atoms with van der Waals surface area (Å²) in [5, 5.41) is 5.15. The molecule has 5 heteroatoms. The van der Waals surface area contributed by atoms with Gasteiger partial charge in [-0.3, -0.25) is 0 Å². The monoisotopic (exact) mass is 343 g/mol. The molecule has 0 fully saturated rings. The highest BCUT2D eigenvalue weighted by Crippen LogP contribution is 2.33. The molecule has 0 spiro atoms. The van der Waals surface area contributed by atoms with Gasteiger partial charge in [-0.25, -0.2) is 4.98 Å². The molecule has 3 heterocycles. The lowest BCUT2D eigenvalue weighted by Crippen LogP contribution is -2.26. The molecule has 1 aliphatic heterocycles. The second kappa shape index (κ2) is 5.78. The molecule has 0 saturated carbocycles. The molecule has 0 atom stereocenters. The molecule has 0 bridgehead atoms. The van der Waals surface area contributed by atoms with Crippen LogP contribution in [0, 0.1) is 0 Å². The average molecular weight is 344 g/mol. The number of hydrogen-bond donors (Lipinski definition) is 0. The minimum absolute atomic E-state index is 0.798. The van der Waals surface area contributed by atoms with Gasteiger partial charge in [-0.2, -0.15) is 0 Å². The first-order valence-electron chi connectivity index (χ1n) is 7.71. The number of benzene rings is 1. The molecule has 2 aromatic heterocycles. The molecule has 0 aliphatic carbocycles. The lowest BCUT2D eigenvalue weighted by atomic mass is 10.1. The van der Waals surface area contributed by atoms with Crippen LogP contribution in [0.25, 0.3) is 22.7 Å². The van der Waals surface area contributed by atoms with Gasteiger partial charge in [-0.15, -0.1) is 11.3 Å². The van der Waals surface area contributed by atoms with Crippen LogP contribution in [0.4, 0.5) is 0 Å². The quantitative estimate of drug-likeness (QED) is 0.669. The minimum Gasteiger partial charge on any atom is -0.320 e. The van der Waals surface area contributed by atoms with Crippen molar-refractivity contribution in [2.45, 2.75) is 19.9 Å². The molecule has 1 aromatic carbocycles. The summed E-state index contributed by atoms with van der Waals surface area (Å²) in [6, 6.07) is 6.20. The van der Waals surface area contributed by atoms with Gasteiger partial charge in [0.25, 0.3) is 0 Å². The van der Waals surface area contributed by atoms with E-state index in [1.807, 2.05) is 17.6 Å². The summed E-state index contributed by atoms with van der Waals surface area (Å²) >= 11 is 7.92. The van der Waals surface area contributed by atoms with Crippen molar-refractivity contribution < 1.29 is 0 Å². The van der Waals surface area contributed by atoms with Crippen molar-refractivity contribution in [3.63, 3.8) is 0 Å². The van der Waals surface area contributed by atoms with Gasteiger partial charge < -0.3 is 9.47 Å². The third-order valence-corrected chi connectivity index (χ3v) is 5.58.